The highest BCUT2D eigenvalue weighted by Gasteiger charge is 2.15. The van der Waals surface area contributed by atoms with Crippen molar-refractivity contribution >= 4 is 86.2 Å². The predicted molar refractivity (Wildman–Crippen MR) is 528 cm³/mol. The van der Waals surface area contributed by atoms with Crippen LogP contribution in [0.15, 0.2) is 534 Å². The van der Waals surface area contributed by atoms with Gasteiger partial charge in [0.25, 0.3) is 0 Å². The molecule has 0 aromatic heterocycles. The lowest BCUT2D eigenvalue weighted by Gasteiger charge is -2.12. The summed E-state index contributed by atoms with van der Waals surface area (Å²) in [5, 5.41) is 20.9. The monoisotopic (exact) mass is 1550 g/mol. The van der Waals surface area contributed by atoms with Gasteiger partial charge < -0.3 is 0 Å². The van der Waals surface area contributed by atoms with Crippen LogP contribution in [0.5, 0.6) is 0 Å². The van der Waals surface area contributed by atoms with E-state index >= 15 is 0 Å². The molecule has 23 aromatic carbocycles. The van der Waals surface area contributed by atoms with Crippen LogP contribution in [0.1, 0.15) is 0 Å². The SMILES string of the molecule is c1ccc(-c2c3ccccc3cc3ccccc23)cc1.c1ccc(-c2ccc3cccc(-c4ccccc4)c3c2)cc1.c1ccc(-c2cccc3ccc4ccccc4c23)cc1.c1ccc(-c2cccc3cccc(-c4ccccc4)c23)cc1.c1ccc(-c2ccccc2-c2ccccc2)cc1.c1ccc2c(-c3cccc4ccccc34)cccc2c1. The molecule has 0 aliphatic carbocycles. The fourth-order valence-electron chi connectivity index (χ4n) is 17.0. The second-order valence-corrected chi connectivity index (χ2v) is 30.4. The van der Waals surface area contributed by atoms with E-state index in [4.69, 9.17) is 0 Å². The van der Waals surface area contributed by atoms with E-state index in [9.17, 15) is 0 Å². The van der Waals surface area contributed by atoms with Gasteiger partial charge >= 0.3 is 0 Å². The van der Waals surface area contributed by atoms with Gasteiger partial charge in [0.2, 0.25) is 0 Å². The van der Waals surface area contributed by atoms with Crippen LogP contribution < -0.4 is 0 Å². The van der Waals surface area contributed by atoms with Crippen molar-refractivity contribution in [2.45, 2.75) is 0 Å². The summed E-state index contributed by atoms with van der Waals surface area (Å²) in [5.41, 5.74) is 23.1. The minimum atomic E-state index is 1.26. The maximum Gasteiger partial charge on any atom is -0.00268 e. The lowest BCUT2D eigenvalue weighted by Crippen LogP contribution is -1.86. The summed E-state index contributed by atoms with van der Waals surface area (Å²) in [6.45, 7) is 0. The molecule has 0 atom stereocenters. The first kappa shape index (κ1) is 77.4. The Bertz CT molecular complexity index is 7160. The maximum absolute atomic E-state index is 2.30. The standard InChI is InChI=1S/2C22H16.3C20H14.C18H14/c1-3-9-17(10-4-1)20-15-7-13-19-14-8-16-21(22(19)20)18-11-5-2-6-12-18;1-3-8-17(9-4-1)20-15-14-19-12-7-13-21(22(19)16-20)18-10-5-2-6-11-18;1-3-11-17-15(7-1)9-5-13-19(17)20-14-6-10-16-8-2-4-12-18(16)20;1-2-8-15(9-3-1)20-18-12-6-4-10-16(18)14-17-11-5-7-13-19(17)20;1-2-7-15(8-3-1)19-12-6-10-17-14-13-16-9-4-5-11-18(16)20(17)19;1-3-9-15(10-4-1)17-13-7-8-14-18(17)16-11-5-2-6-12-16/h2*1-16H;3*1-14H;1-14H. The van der Waals surface area contributed by atoms with Gasteiger partial charge in [0.15, 0.2) is 0 Å². The number of rotatable bonds is 9. The zero-order chi connectivity index (χ0) is 81.9. The van der Waals surface area contributed by atoms with Gasteiger partial charge in [0, 0.05) is 0 Å². The van der Waals surface area contributed by atoms with Crippen LogP contribution in [-0.2, 0) is 0 Å². The molecule has 0 N–H and O–H groups in total. The zero-order valence-electron chi connectivity index (χ0n) is 67.8. The molecule has 0 radical (unpaired) electrons. The first-order valence-corrected chi connectivity index (χ1v) is 41.9. The minimum Gasteiger partial charge on any atom is -0.0622 e. The summed E-state index contributed by atoms with van der Waals surface area (Å²) in [6, 6.07) is 189. The fraction of sp³-hybridized carbons (Fsp3) is 0. The van der Waals surface area contributed by atoms with Gasteiger partial charge in [-0.2, -0.15) is 0 Å². The van der Waals surface area contributed by atoms with Crippen LogP contribution in [0.2, 0.25) is 0 Å². The van der Waals surface area contributed by atoms with Crippen molar-refractivity contribution in [3.63, 3.8) is 0 Å². The Kier molecular flexibility index (Phi) is 23.8. The van der Waals surface area contributed by atoms with Crippen molar-refractivity contribution in [3.05, 3.63) is 534 Å². The molecule has 0 bridgehead atoms. The normalized spacial score (nSPS) is 10.8. The van der Waals surface area contributed by atoms with E-state index < -0.39 is 0 Å². The Balaban J connectivity index is 0.000000100. The highest BCUT2D eigenvalue weighted by molar-refractivity contribution is 6.15. The molecule has 0 heterocycles. The first-order chi connectivity index (χ1) is 60.6. The second-order valence-electron chi connectivity index (χ2n) is 30.4. The third-order valence-corrected chi connectivity index (χ3v) is 22.8. The molecule has 0 fully saturated rings. The molecule has 0 saturated heterocycles. The van der Waals surface area contributed by atoms with Crippen LogP contribution in [0, 0.1) is 0 Å². The van der Waals surface area contributed by atoms with Gasteiger partial charge in [0.1, 0.15) is 0 Å². The summed E-state index contributed by atoms with van der Waals surface area (Å²) >= 11 is 0. The number of benzene rings is 23. The first-order valence-electron chi connectivity index (χ1n) is 41.9. The van der Waals surface area contributed by atoms with Gasteiger partial charge in [0.05, 0.1) is 0 Å². The van der Waals surface area contributed by atoms with Crippen molar-refractivity contribution in [2.75, 3.05) is 0 Å². The molecule has 0 nitrogen and oxygen atoms in total. The average Bonchev–Trinajstić information content (AvgIpc) is 0.797. The van der Waals surface area contributed by atoms with Crippen molar-refractivity contribution in [1.29, 1.82) is 0 Å². The largest absolute Gasteiger partial charge is 0.0622 e. The van der Waals surface area contributed by atoms with Crippen molar-refractivity contribution < 1.29 is 0 Å². The van der Waals surface area contributed by atoms with E-state index in [-0.39, 0.29) is 0 Å². The van der Waals surface area contributed by atoms with Crippen LogP contribution in [0.3, 0.4) is 0 Å². The molecule has 0 amide bonds. The third-order valence-electron chi connectivity index (χ3n) is 22.8. The lowest BCUT2D eigenvalue weighted by molar-refractivity contribution is 1.58. The third kappa shape index (κ3) is 17.4. The van der Waals surface area contributed by atoms with Gasteiger partial charge in [-0.15, -0.1) is 0 Å². The van der Waals surface area contributed by atoms with Gasteiger partial charge in [-0.25, -0.2) is 0 Å². The second kappa shape index (κ2) is 37.6. The molecule has 0 aliphatic rings. The van der Waals surface area contributed by atoms with E-state index in [0.717, 1.165) is 0 Å². The molecule has 0 heteroatoms. The highest BCUT2D eigenvalue weighted by Crippen LogP contribution is 2.42. The van der Waals surface area contributed by atoms with E-state index in [1.165, 1.54) is 186 Å². The minimum absolute atomic E-state index is 1.26. The number of fused-ring (bicyclic) bond motifs is 9. The van der Waals surface area contributed by atoms with Crippen LogP contribution >= 0.6 is 0 Å². The Morgan fingerprint density at radius 1 is 0.0902 bits per heavy atom. The number of hydrogen-bond donors (Lipinski definition) is 0. The number of hydrogen-bond acceptors (Lipinski definition) is 0. The van der Waals surface area contributed by atoms with Gasteiger partial charge in [-0.1, -0.05) is 522 Å². The maximum atomic E-state index is 2.30. The van der Waals surface area contributed by atoms with Crippen molar-refractivity contribution in [1.82, 2.24) is 0 Å². The molecule has 23 aromatic rings. The lowest BCUT2D eigenvalue weighted by atomic mass is 9.91. The predicted octanol–water partition coefficient (Wildman–Crippen LogP) is 34.3. The molecular formula is C122H88. The summed E-state index contributed by atoms with van der Waals surface area (Å²) in [5.74, 6) is 0. The van der Waals surface area contributed by atoms with Crippen molar-refractivity contribution in [2.24, 2.45) is 0 Å². The van der Waals surface area contributed by atoms with Crippen LogP contribution in [0.25, 0.3) is 186 Å². The Morgan fingerprint density at radius 3 is 0.738 bits per heavy atom. The average molecular weight is 1550 g/mol. The molecule has 23 rings (SSSR count). The molecular weight excluding hydrogens is 1470 g/mol. The Labute approximate surface area is 715 Å². The van der Waals surface area contributed by atoms with E-state index in [0.29, 0.717) is 0 Å². The van der Waals surface area contributed by atoms with Gasteiger partial charge in [-0.05, 0) is 198 Å². The Hall–Kier alpha value is -15.9. The zero-order valence-corrected chi connectivity index (χ0v) is 67.8. The molecule has 0 aliphatic heterocycles. The van der Waals surface area contributed by atoms with Gasteiger partial charge in [-0.3, -0.25) is 0 Å². The summed E-state index contributed by atoms with van der Waals surface area (Å²) < 4.78 is 0. The van der Waals surface area contributed by atoms with E-state index in [2.05, 4.69) is 534 Å². The topological polar surface area (TPSA) is 0 Å². The molecule has 122 heavy (non-hydrogen) atoms. The highest BCUT2D eigenvalue weighted by atomic mass is 14.2. The van der Waals surface area contributed by atoms with Crippen molar-refractivity contribution in [3.8, 4) is 100 Å². The van der Waals surface area contributed by atoms with Crippen LogP contribution in [-0.4, -0.2) is 0 Å². The van der Waals surface area contributed by atoms with Crippen LogP contribution in [0.4, 0.5) is 0 Å². The smallest absolute Gasteiger partial charge is 0.00268 e. The molecule has 0 saturated carbocycles. The molecule has 576 valence electrons. The fourth-order valence-corrected chi connectivity index (χ4v) is 17.0. The summed E-state index contributed by atoms with van der Waals surface area (Å²) in [6.07, 6.45) is 0. The quantitative estimate of drug-likeness (QED) is 0.0998. The molecule has 0 unspecified atom stereocenters. The van der Waals surface area contributed by atoms with E-state index in [1.54, 1.807) is 0 Å². The molecule has 0 spiro atoms. The van der Waals surface area contributed by atoms with E-state index in [1.807, 2.05) is 0 Å². The summed E-state index contributed by atoms with van der Waals surface area (Å²) in [7, 11) is 0. The summed E-state index contributed by atoms with van der Waals surface area (Å²) in [4.78, 5) is 0. The Morgan fingerprint density at radius 2 is 0.328 bits per heavy atom.